The fourth-order valence-electron chi connectivity index (χ4n) is 2.90. The molecule has 0 radical (unpaired) electrons. The van der Waals surface area contributed by atoms with Crippen molar-refractivity contribution in [2.75, 3.05) is 20.8 Å². The zero-order valence-corrected chi connectivity index (χ0v) is 11.8. The van der Waals surface area contributed by atoms with Gasteiger partial charge in [0.2, 0.25) is 0 Å². The van der Waals surface area contributed by atoms with Gasteiger partial charge in [0.25, 0.3) is 0 Å². The lowest BCUT2D eigenvalue weighted by molar-refractivity contribution is -0.142. The molecule has 2 atom stereocenters. The maximum atomic E-state index is 12.0. The SMILES string of the molecule is COC(=O)C1CNC(C)c2[nH]c3ccc(OC)cc3c21. The van der Waals surface area contributed by atoms with Gasteiger partial charge in [-0.1, -0.05) is 0 Å². The van der Waals surface area contributed by atoms with Crippen molar-refractivity contribution in [3.05, 3.63) is 29.5 Å². The molecule has 0 bridgehead atoms. The Morgan fingerprint density at radius 3 is 2.85 bits per heavy atom. The van der Waals surface area contributed by atoms with E-state index in [1.807, 2.05) is 18.2 Å². The van der Waals surface area contributed by atoms with Crippen LogP contribution in [0.15, 0.2) is 18.2 Å². The summed E-state index contributed by atoms with van der Waals surface area (Å²) in [5.74, 6) is 0.288. The van der Waals surface area contributed by atoms with Crippen LogP contribution in [0.5, 0.6) is 5.75 Å². The Hall–Kier alpha value is -2.01. The van der Waals surface area contributed by atoms with Gasteiger partial charge in [-0.3, -0.25) is 4.79 Å². The van der Waals surface area contributed by atoms with E-state index >= 15 is 0 Å². The van der Waals surface area contributed by atoms with Gasteiger partial charge in [-0.15, -0.1) is 0 Å². The van der Waals surface area contributed by atoms with Gasteiger partial charge < -0.3 is 19.8 Å². The molecule has 1 aliphatic heterocycles. The number of esters is 1. The molecular formula is C15H18N2O3. The van der Waals surface area contributed by atoms with Crippen LogP contribution in [0.3, 0.4) is 0 Å². The highest BCUT2D eigenvalue weighted by Crippen LogP contribution is 2.37. The second-order valence-corrected chi connectivity index (χ2v) is 5.07. The van der Waals surface area contributed by atoms with Gasteiger partial charge in [-0.05, 0) is 30.7 Å². The highest BCUT2D eigenvalue weighted by Gasteiger charge is 2.33. The molecule has 3 rings (SSSR count). The molecule has 106 valence electrons. The molecule has 1 aliphatic rings. The molecule has 2 unspecified atom stereocenters. The monoisotopic (exact) mass is 274 g/mol. The molecule has 0 fully saturated rings. The third kappa shape index (κ3) is 1.86. The molecule has 1 aromatic carbocycles. The summed E-state index contributed by atoms with van der Waals surface area (Å²) >= 11 is 0. The van der Waals surface area contributed by atoms with E-state index in [0.717, 1.165) is 27.9 Å². The number of hydrogen-bond donors (Lipinski definition) is 2. The maximum Gasteiger partial charge on any atom is 0.314 e. The summed E-state index contributed by atoms with van der Waals surface area (Å²) < 4.78 is 10.2. The van der Waals surface area contributed by atoms with Crippen LogP contribution in [0, 0.1) is 0 Å². The number of nitrogens with one attached hydrogen (secondary N) is 2. The largest absolute Gasteiger partial charge is 0.497 e. The number of H-pyrrole nitrogens is 1. The van der Waals surface area contributed by atoms with Gasteiger partial charge in [0.1, 0.15) is 5.75 Å². The molecule has 0 amide bonds. The standard InChI is InChI=1S/C15H18N2O3/c1-8-14-13(11(7-16-8)15(18)20-3)10-6-9(19-2)4-5-12(10)17-14/h4-6,8,11,16-17H,7H2,1-3H3. The smallest absolute Gasteiger partial charge is 0.314 e. The first-order valence-electron chi connectivity index (χ1n) is 6.66. The first-order chi connectivity index (χ1) is 9.65. The van der Waals surface area contributed by atoms with Gasteiger partial charge in [-0.2, -0.15) is 0 Å². The second-order valence-electron chi connectivity index (χ2n) is 5.07. The van der Waals surface area contributed by atoms with E-state index in [9.17, 15) is 4.79 Å². The fourth-order valence-corrected chi connectivity index (χ4v) is 2.90. The number of hydrogen-bond acceptors (Lipinski definition) is 4. The molecule has 5 heteroatoms. The van der Waals surface area contributed by atoms with Gasteiger partial charge in [-0.25, -0.2) is 0 Å². The van der Waals surface area contributed by atoms with Crippen LogP contribution in [0.4, 0.5) is 0 Å². The van der Waals surface area contributed by atoms with E-state index in [1.165, 1.54) is 7.11 Å². The average molecular weight is 274 g/mol. The van der Waals surface area contributed by atoms with Crippen molar-refractivity contribution in [1.29, 1.82) is 0 Å². The number of benzene rings is 1. The molecule has 2 N–H and O–H groups in total. The molecular weight excluding hydrogens is 256 g/mol. The number of methoxy groups -OCH3 is 2. The molecule has 1 aromatic heterocycles. The fraction of sp³-hybridized carbons (Fsp3) is 0.400. The molecule has 20 heavy (non-hydrogen) atoms. The number of carbonyl (C=O) groups excluding carboxylic acids is 1. The minimum atomic E-state index is -0.285. The second kappa shape index (κ2) is 4.83. The first kappa shape index (κ1) is 13.0. The third-order valence-corrected chi connectivity index (χ3v) is 3.97. The van der Waals surface area contributed by atoms with Gasteiger partial charge in [0.15, 0.2) is 0 Å². The van der Waals surface area contributed by atoms with E-state index in [0.29, 0.717) is 6.54 Å². The maximum absolute atomic E-state index is 12.0. The topological polar surface area (TPSA) is 63.3 Å². The third-order valence-electron chi connectivity index (χ3n) is 3.97. The van der Waals surface area contributed by atoms with Crippen molar-refractivity contribution in [2.45, 2.75) is 18.9 Å². The van der Waals surface area contributed by atoms with Crippen LogP contribution in [0.25, 0.3) is 10.9 Å². The average Bonchev–Trinajstić information content (AvgIpc) is 2.86. The predicted octanol–water partition coefficient (Wildman–Crippen LogP) is 2.10. The quantitative estimate of drug-likeness (QED) is 0.823. The number of aromatic nitrogens is 1. The summed E-state index contributed by atoms with van der Waals surface area (Å²) in [5.41, 5.74) is 3.09. The van der Waals surface area contributed by atoms with Crippen molar-refractivity contribution >= 4 is 16.9 Å². The van der Waals surface area contributed by atoms with Gasteiger partial charge in [0, 0.05) is 29.2 Å². The summed E-state index contributed by atoms with van der Waals surface area (Å²) in [5, 5.41) is 4.36. The first-order valence-corrected chi connectivity index (χ1v) is 6.66. The zero-order chi connectivity index (χ0) is 14.3. The van der Waals surface area contributed by atoms with Crippen LogP contribution in [-0.4, -0.2) is 31.7 Å². The molecule has 2 heterocycles. The van der Waals surface area contributed by atoms with E-state index in [4.69, 9.17) is 9.47 Å². The lowest BCUT2D eigenvalue weighted by atomic mass is 9.90. The summed E-state index contributed by atoms with van der Waals surface area (Å²) in [4.78, 5) is 15.4. The van der Waals surface area contributed by atoms with E-state index in [2.05, 4.69) is 17.2 Å². The van der Waals surface area contributed by atoms with Crippen molar-refractivity contribution < 1.29 is 14.3 Å². The van der Waals surface area contributed by atoms with Crippen LogP contribution in [0.2, 0.25) is 0 Å². The number of fused-ring (bicyclic) bond motifs is 3. The Morgan fingerprint density at radius 1 is 1.35 bits per heavy atom. The minimum absolute atomic E-state index is 0.185. The van der Waals surface area contributed by atoms with E-state index in [1.54, 1.807) is 7.11 Å². The zero-order valence-electron chi connectivity index (χ0n) is 11.8. The highest BCUT2D eigenvalue weighted by atomic mass is 16.5. The molecule has 0 aliphatic carbocycles. The Bertz CT molecular complexity index is 662. The normalized spacial score (nSPS) is 21.6. The lowest BCUT2D eigenvalue weighted by Gasteiger charge is -2.26. The van der Waals surface area contributed by atoms with Crippen molar-refractivity contribution in [3.8, 4) is 5.75 Å². The number of rotatable bonds is 2. The van der Waals surface area contributed by atoms with Crippen LogP contribution < -0.4 is 10.1 Å². The minimum Gasteiger partial charge on any atom is -0.497 e. The van der Waals surface area contributed by atoms with Crippen molar-refractivity contribution in [2.24, 2.45) is 0 Å². The highest BCUT2D eigenvalue weighted by molar-refractivity contribution is 5.92. The van der Waals surface area contributed by atoms with Crippen LogP contribution in [-0.2, 0) is 9.53 Å². The van der Waals surface area contributed by atoms with E-state index < -0.39 is 0 Å². The Morgan fingerprint density at radius 2 is 2.15 bits per heavy atom. The van der Waals surface area contributed by atoms with Crippen molar-refractivity contribution in [1.82, 2.24) is 10.3 Å². The molecule has 0 spiro atoms. The summed E-state index contributed by atoms with van der Waals surface area (Å²) in [7, 11) is 3.07. The number of ether oxygens (including phenoxy) is 2. The molecule has 0 saturated heterocycles. The van der Waals surface area contributed by atoms with Crippen LogP contribution in [0.1, 0.15) is 30.1 Å². The Balaban J connectivity index is 2.23. The Kier molecular flexibility index (Phi) is 3.14. The number of aromatic amines is 1. The van der Waals surface area contributed by atoms with Gasteiger partial charge in [0.05, 0.1) is 20.1 Å². The molecule has 5 nitrogen and oxygen atoms in total. The summed E-state index contributed by atoms with van der Waals surface area (Å²) in [6.45, 7) is 2.67. The van der Waals surface area contributed by atoms with Gasteiger partial charge >= 0.3 is 5.97 Å². The van der Waals surface area contributed by atoms with Crippen molar-refractivity contribution in [3.63, 3.8) is 0 Å². The Labute approximate surface area is 117 Å². The molecule has 0 saturated carbocycles. The van der Waals surface area contributed by atoms with E-state index in [-0.39, 0.29) is 17.9 Å². The summed E-state index contributed by atoms with van der Waals surface area (Å²) in [6, 6.07) is 6.05. The predicted molar refractivity (Wildman–Crippen MR) is 76.0 cm³/mol. The summed E-state index contributed by atoms with van der Waals surface area (Å²) in [6.07, 6.45) is 0. The number of carbonyl (C=O) groups is 1. The van der Waals surface area contributed by atoms with Crippen LogP contribution >= 0.6 is 0 Å². The molecule has 2 aromatic rings. The lowest BCUT2D eigenvalue weighted by Crippen LogP contribution is -2.35.